The van der Waals surface area contributed by atoms with Crippen LogP contribution in [0, 0.1) is 24.0 Å². The largest absolute Gasteiger partial charge is 0.324 e. The van der Waals surface area contributed by atoms with Gasteiger partial charge in [-0.2, -0.15) is 5.10 Å². The summed E-state index contributed by atoms with van der Waals surface area (Å²) in [6.07, 6.45) is 3.13. The lowest BCUT2D eigenvalue weighted by Crippen LogP contribution is -2.21. The van der Waals surface area contributed by atoms with Gasteiger partial charge in [0.2, 0.25) is 5.91 Å². The number of aryl methyl sites for hydroxylation is 1. The number of nitrogens with zero attached hydrogens (tertiary/aromatic N) is 4. The van der Waals surface area contributed by atoms with E-state index in [0.29, 0.717) is 22.6 Å². The van der Waals surface area contributed by atoms with Crippen LogP contribution >= 0.6 is 0 Å². The van der Waals surface area contributed by atoms with Crippen LogP contribution in [0.1, 0.15) is 21.7 Å². The molecule has 0 bridgehead atoms. The summed E-state index contributed by atoms with van der Waals surface area (Å²) in [5, 5.41) is 20.5. The highest BCUT2D eigenvalue weighted by Gasteiger charge is 2.22. The summed E-state index contributed by atoms with van der Waals surface area (Å²) in [7, 11) is 0. The smallest absolute Gasteiger partial charge is 0.312 e. The number of nitrogens with one attached hydrogen (secondary N) is 2. The van der Waals surface area contributed by atoms with Crippen LogP contribution in [0.25, 0.3) is 0 Å². The Labute approximate surface area is 165 Å². The van der Waals surface area contributed by atoms with E-state index >= 15 is 0 Å². The fourth-order valence-electron chi connectivity index (χ4n) is 2.82. The molecule has 0 aliphatic heterocycles. The van der Waals surface area contributed by atoms with Crippen molar-refractivity contribution in [3.63, 3.8) is 0 Å². The van der Waals surface area contributed by atoms with Gasteiger partial charge in [0.05, 0.1) is 4.92 Å². The molecule has 0 saturated carbocycles. The van der Waals surface area contributed by atoms with Crippen LogP contribution in [0.15, 0.2) is 48.8 Å². The first-order valence-electron chi connectivity index (χ1n) is 8.65. The van der Waals surface area contributed by atoms with Gasteiger partial charge in [-0.05, 0) is 44.2 Å². The van der Waals surface area contributed by atoms with Crippen molar-refractivity contribution >= 4 is 28.9 Å². The lowest BCUT2D eigenvalue weighted by molar-refractivity contribution is -0.386. The number of benzene rings is 1. The molecule has 2 aromatic heterocycles. The monoisotopic (exact) mass is 394 g/mol. The van der Waals surface area contributed by atoms with E-state index in [1.165, 1.54) is 24.6 Å². The third-order valence-electron chi connectivity index (χ3n) is 4.17. The number of hydrogen-bond acceptors (Lipinski definition) is 6. The number of nitro groups is 1. The molecule has 0 atom stereocenters. The van der Waals surface area contributed by atoms with E-state index in [-0.39, 0.29) is 23.8 Å². The molecule has 3 rings (SSSR count). The molecule has 0 fully saturated rings. The van der Waals surface area contributed by atoms with E-state index in [9.17, 15) is 19.7 Å². The van der Waals surface area contributed by atoms with Crippen LogP contribution < -0.4 is 10.6 Å². The van der Waals surface area contributed by atoms with Crippen molar-refractivity contribution < 1.29 is 14.5 Å². The van der Waals surface area contributed by atoms with Crippen LogP contribution in [0.2, 0.25) is 0 Å². The highest BCUT2D eigenvalue weighted by atomic mass is 16.6. The Balaban J connectivity index is 1.69. The minimum atomic E-state index is -0.517. The van der Waals surface area contributed by atoms with E-state index in [0.717, 1.165) is 0 Å². The van der Waals surface area contributed by atoms with Crippen molar-refractivity contribution in [1.29, 1.82) is 0 Å². The number of carbonyl (C=O) groups excluding carboxylic acids is 2. The van der Waals surface area contributed by atoms with E-state index in [1.807, 2.05) is 0 Å². The molecule has 0 saturated heterocycles. The van der Waals surface area contributed by atoms with Gasteiger partial charge >= 0.3 is 5.69 Å². The van der Waals surface area contributed by atoms with Crippen molar-refractivity contribution in [2.24, 2.45) is 0 Å². The first-order chi connectivity index (χ1) is 13.8. The summed E-state index contributed by atoms with van der Waals surface area (Å²) in [4.78, 5) is 39.2. The Kier molecular flexibility index (Phi) is 5.63. The summed E-state index contributed by atoms with van der Waals surface area (Å²) in [5.41, 5.74) is 1.83. The normalized spacial score (nSPS) is 10.4. The summed E-state index contributed by atoms with van der Waals surface area (Å²) in [6, 6.07) is 9.78. The molecule has 0 aliphatic rings. The number of rotatable bonds is 6. The molecule has 2 N–H and O–H groups in total. The fraction of sp³-hybridized carbons (Fsp3) is 0.158. The maximum Gasteiger partial charge on any atom is 0.312 e. The Morgan fingerprint density at radius 3 is 2.48 bits per heavy atom. The Bertz CT molecular complexity index is 1080. The molecule has 10 nitrogen and oxygen atoms in total. The summed E-state index contributed by atoms with van der Waals surface area (Å²) in [6.45, 7) is 2.87. The quantitative estimate of drug-likeness (QED) is 0.488. The first-order valence-corrected chi connectivity index (χ1v) is 8.65. The van der Waals surface area contributed by atoms with E-state index in [4.69, 9.17) is 0 Å². The molecule has 0 aliphatic carbocycles. The van der Waals surface area contributed by atoms with Crippen LogP contribution in [0.5, 0.6) is 0 Å². The predicted molar refractivity (Wildman–Crippen MR) is 106 cm³/mol. The molecule has 3 aromatic rings. The Morgan fingerprint density at radius 2 is 1.83 bits per heavy atom. The van der Waals surface area contributed by atoms with E-state index < -0.39 is 10.8 Å². The minimum Gasteiger partial charge on any atom is -0.324 e. The van der Waals surface area contributed by atoms with Gasteiger partial charge in [-0.15, -0.1) is 0 Å². The summed E-state index contributed by atoms with van der Waals surface area (Å²) >= 11 is 0. The summed E-state index contributed by atoms with van der Waals surface area (Å²) < 4.78 is 1.28. The molecule has 148 valence electrons. The van der Waals surface area contributed by atoms with Gasteiger partial charge in [0.1, 0.15) is 17.9 Å². The zero-order chi connectivity index (χ0) is 21.0. The highest BCUT2D eigenvalue weighted by molar-refractivity contribution is 6.05. The third kappa shape index (κ3) is 4.61. The summed E-state index contributed by atoms with van der Waals surface area (Å²) in [5.74, 6) is -0.751. The van der Waals surface area contributed by atoms with Gasteiger partial charge in [0.15, 0.2) is 0 Å². The third-order valence-corrected chi connectivity index (χ3v) is 4.17. The number of amides is 2. The van der Waals surface area contributed by atoms with Gasteiger partial charge < -0.3 is 10.6 Å². The fourth-order valence-corrected chi connectivity index (χ4v) is 2.82. The van der Waals surface area contributed by atoms with Crippen LogP contribution in [-0.2, 0) is 11.3 Å². The van der Waals surface area contributed by atoms with Gasteiger partial charge in [-0.25, -0.2) is 0 Å². The van der Waals surface area contributed by atoms with Crippen LogP contribution in [0.4, 0.5) is 17.1 Å². The minimum absolute atomic E-state index is 0.104. The topological polar surface area (TPSA) is 132 Å². The average Bonchev–Trinajstić information content (AvgIpc) is 2.95. The van der Waals surface area contributed by atoms with Crippen LogP contribution in [0.3, 0.4) is 0 Å². The van der Waals surface area contributed by atoms with Crippen molar-refractivity contribution in [1.82, 2.24) is 14.8 Å². The molecular weight excluding hydrogens is 376 g/mol. The predicted octanol–water partition coefficient (Wildman–Crippen LogP) is 2.69. The number of hydrogen-bond donors (Lipinski definition) is 2. The van der Waals surface area contributed by atoms with Crippen molar-refractivity contribution in [2.75, 3.05) is 10.6 Å². The molecule has 2 amide bonds. The zero-order valence-corrected chi connectivity index (χ0v) is 15.7. The van der Waals surface area contributed by atoms with Crippen molar-refractivity contribution in [3.05, 3.63) is 75.9 Å². The maximum absolute atomic E-state index is 12.4. The average molecular weight is 394 g/mol. The van der Waals surface area contributed by atoms with Gasteiger partial charge in [-0.3, -0.25) is 29.4 Å². The van der Waals surface area contributed by atoms with Crippen molar-refractivity contribution in [2.45, 2.75) is 20.4 Å². The molecule has 1 aromatic carbocycles. The zero-order valence-electron chi connectivity index (χ0n) is 15.7. The second kappa shape index (κ2) is 8.30. The Hall–Kier alpha value is -4.08. The van der Waals surface area contributed by atoms with E-state index in [1.54, 1.807) is 42.7 Å². The van der Waals surface area contributed by atoms with Crippen molar-refractivity contribution in [3.8, 4) is 0 Å². The Morgan fingerprint density at radius 1 is 1.10 bits per heavy atom. The lowest BCUT2D eigenvalue weighted by atomic mass is 10.2. The maximum atomic E-state index is 12.4. The van der Waals surface area contributed by atoms with E-state index in [2.05, 4.69) is 20.7 Å². The second-order valence-corrected chi connectivity index (χ2v) is 6.25. The molecule has 2 heterocycles. The SMILES string of the molecule is Cc1nn(CC(=O)Nc2cccc(C(=O)Nc3ccncc3)c2)c(C)c1[N+](=O)[O-]. The number of anilines is 2. The van der Waals surface area contributed by atoms with Gasteiger partial charge in [0.25, 0.3) is 5.91 Å². The number of pyridine rings is 1. The lowest BCUT2D eigenvalue weighted by Gasteiger charge is -2.09. The molecule has 10 heteroatoms. The molecule has 0 radical (unpaired) electrons. The molecule has 0 spiro atoms. The van der Waals surface area contributed by atoms with Crippen LogP contribution in [-0.4, -0.2) is 31.5 Å². The molecule has 29 heavy (non-hydrogen) atoms. The second-order valence-electron chi connectivity index (χ2n) is 6.25. The molecular formula is C19H18N6O4. The number of aromatic nitrogens is 3. The van der Waals surface area contributed by atoms with Gasteiger partial charge in [-0.1, -0.05) is 6.07 Å². The number of carbonyl (C=O) groups is 2. The highest BCUT2D eigenvalue weighted by Crippen LogP contribution is 2.21. The van der Waals surface area contributed by atoms with Gasteiger partial charge in [0, 0.05) is 29.3 Å². The molecule has 0 unspecified atom stereocenters. The standard InChI is InChI=1S/C19H18N6O4/c1-12-18(25(28)29)13(2)24(23-12)11-17(26)21-16-5-3-4-14(10-16)19(27)22-15-6-8-20-9-7-15/h3-10H,11H2,1-2H3,(H,21,26)(H,20,22,27). The first kappa shape index (κ1) is 19.7.